The number of carbonyl (C=O) groups is 3. The molecule has 4 rings (SSSR count). The summed E-state index contributed by atoms with van der Waals surface area (Å²) < 4.78 is 10.7. The van der Waals surface area contributed by atoms with E-state index in [0.29, 0.717) is 12.3 Å². The van der Waals surface area contributed by atoms with Crippen LogP contribution in [0.2, 0.25) is 0 Å². The third-order valence-electron chi connectivity index (χ3n) is 6.21. The van der Waals surface area contributed by atoms with E-state index in [1.165, 1.54) is 4.90 Å². The number of carbonyl (C=O) groups excluding carboxylic acids is 3. The highest BCUT2D eigenvalue weighted by Gasteiger charge is 2.54. The fourth-order valence-electron chi connectivity index (χ4n) is 4.96. The van der Waals surface area contributed by atoms with Gasteiger partial charge in [-0.2, -0.15) is 0 Å². The maximum Gasteiger partial charge on any atom is 0.416 e. The van der Waals surface area contributed by atoms with Gasteiger partial charge >= 0.3 is 12.2 Å². The minimum atomic E-state index is -0.554. The van der Waals surface area contributed by atoms with E-state index in [1.807, 2.05) is 30.3 Å². The van der Waals surface area contributed by atoms with Gasteiger partial charge in [0.15, 0.2) is 0 Å². The minimum Gasteiger partial charge on any atom is -0.447 e. The average Bonchev–Trinajstić information content (AvgIpc) is 3.39. The summed E-state index contributed by atoms with van der Waals surface area (Å²) in [5.74, 6) is -0.209. The fourth-order valence-corrected chi connectivity index (χ4v) is 4.96. The van der Waals surface area contributed by atoms with E-state index in [9.17, 15) is 14.4 Å². The Bertz CT molecular complexity index is 781. The Morgan fingerprint density at radius 2 is 1.97 bits per heavy atom. The molecule has 0 N–H and O–H groups in total. The van der Waals surface area contributed by atoms with E-state index in [4.69, 9.17) is 9.47 Å². The number of nitrogens with zero attached hydrogens (tertiary/aromatic N) is 2. The van der Waals surface area contributed by atoms with Gasteiger partial charge in [-0.15, -0.1) is 0 Å². The van der Waals surface area contributed by atoms with Crippen molar-refractivity contribution in [1.82, 2.24) is 9.80 Å². The molecule has 3 amide bonds. The van der Waals surface area contributed by atoms with Crippen molar-refractivity contribution in [2.75, 3.05) is 6.61 Å². The Morgan fingerprint density at radius 1 is 1.21 bits per heavy atom. The molecular weight excluding hydrogens is 372 g/mol. The Balaban J connectivity index is 1.42. The molecule has 0 aliphatic carbocycles. The van der Waals surface area contributed by atoms with Crippen molar-refractivity contribution in [3.05, 3.63) is 35.9 Å². The third kappa shape index (κ3) is 3.82. The molecule has 3 aliphatic rings. The van der Waals surface area contributed by atoms with Crippen molar-refractivity contribution >= 4 is 18.1 Å². The highest BCUT2D eigenvalue weighted by atomic mass is 16.6. The van der Waals surface area contributed by atoms with Gasteiger partial charge in [0.2, 0.25) is 5.91 Å². The summed E-state index contributed by atoms with van der Waals surface area (Å²) in [6.07, 6.45) is 2.01. The molecule has 0 unspecified atom stereocenters. The second-order valence-electron chi connectivity index (χ2n) is 8.66. The van der Waals surface area contributed by atoms with Crippen molar-refractivity contribution < 1.29 is 23.9 Å². The molecule has 3 aliphatic heterocycles. The third-order valence-corrected chi connectivity index (χ3v) is 6.21. The molecule has 0 radical (unpaired) electrons. The van der Waals surface area contributed by atoms with E-state index < -0.39 is 6.09 Å². The molecule has 1 aromatic carbocycles. The predicted octanol–water partition coefficient (Wildman–Crippen LogP) is 3.57. The van der Waals surface area contributed by atoms with Gasteiger partial charge in [-0.05, 0) is 37.2 Å². The molecule has 1 aromatic rings. The van der Waals surface area contributed by atoms with E-state index in [1.54, 1.807) is 4.90 Å². The molecule has 0 saturated carbocycles. The first-order valence-electron chi connectivity index (χ1n) is 10.4. The number of amides is 3. The van der Waals surface area contributed by atoms with Gasteiger partial charge in [0.1, 0.15) is 13.2 Å². The highest BCUT2D eigenvalue weighted by Crippen LogP contribution is 2.43. The second-order valence-corrected chi connectivity index (χ2v) is 8.66. The molecule has 3 heterocycles. The first-order valence-corrected chi connectivity index (χ1v) is 10.4. The van der Waals surface area contributed by atoms with Gasteiger partial charge < -0.3 is 14.4 Å². The lowest BCUT2D eigenvalue weighted by atomic mass is 9.87. The van der Waals surface area contributed by atoms with Crippen molar-refractivity contribution in [3.8, 4) is 0 Å². The van der Waals surface area contributed by atoms with Crippen LogP contribution in [0.4, 0.5) is 9.59 Å². The van der Waals surface area contributed by atoms with Crippen molar-refractivity contribution in [2.24, 2.45) is 11.8 Å². The van der Waals surface area contributed by atoms with Crippen LogP contribution in [0.25, 0.3) is 0 Å². The Kier molecular flexibility index (Phi) is 5.48. The Labute approximate surface area is 170 Å². The zero-order valence-electron chi connectivity index (χ0n) is 17.0. The van der Waals surface area contributed by atoms with Crippen LogP contribution < -0.4 is 0 Å². The predicted molar refractivity (Wildman–Crippen MR) is 105 cm³/mol. The number of cyclic esters (lactones) is 1. The van der Waals surface area contributed by atoms with Gasteiger partial charge in [-0.3, -0.25) is 4.79 Å². The summed E-state index contributed by atoms with van der Waals surface area (Å²) in [6, 6.07) is 9.12. The van der Waals surface area contributed by atoms with Gasteiger partial charge in [0, 0.05) is 12.1 Å². The molecule has 0 aromatic heterocycles. The molecule has 3 fully saturated rings. The molecular formula is C22H28N2O5. The first-order chi connectivity index (χ1) is 14.0. The summed E-state index contributed by atoms with van der Waals surface area (Å²) in [6.45, 7) is 4.59. The monoisotopic (exact) mass is 400 g/mol. The zero-order chi connectivity index (χ0) is 20.5. The lowest BCUT2D eigenvalue weighted by Crippen LogP contribution is -2.47. The van der Waals surface area contributed by atoms with E-state index in [0.717, 1.165) is 24.8 Å². The molecule has 4 atom stereocenters. The van der Waals surface area contributed by atoms with Gasteiger partial charge in [-0.25, -0.2) is 14.5 Å². The first kappa shape index (κ1) is 19.7. The summed E-state index contributed by atoms with van der Waals surface area (Å²) in [5.41, 5.74) is 0.927. The summed E-state index contributed by atoms with van der Waals surface area (Å²) in [5, 5.41) is 0. The lowest BCUT2D eigenvalue weighted by molar-refractivity contribution is -0.134. The largest absolute Gasteiger partial charge is 0.447 e. The average molecular weight is 400 g/mol. The number of rotatable bonds is 5. The van der Waals surface area contributed by atoms with Crippen LogP contribution in [0, 0.1) is 11.8 Å². The minimum absolute atomic E-state index is 0.000560. The topological polar surface area (TPSA) is 76.2 Å². The van der Waals surface area contributed by atoms with Crippen molar-refractivity contribution in [2.45, 2.75) is 64.3 Å². The zero-order valence-corrected chi connectivity index (χ0v) is 17.0. The lowest BCUT2D eigenvalue weighted by Gasteiger charge is -2.28. The van der Waals surface area contributed by atoms with Crippen molar-refractivity contribution in [3.63, 3.8) is 0 Å². The number of fused-ring (bicyclic) bond motifs is 2. The van der Waals surface area contributed by atoms with Crippen LogP contribution in [0.5, 0.6) is 0 Å². The summed E-state index contributed by atoms with van der Waals surface area (Å²) >= 11 is 0. The van der Waals surface area contributed by atoms with Crippen LogP contribution in [-0.4, -0.2) is 52.6 Å². The maximum absolute atomic E-state index is 13.2. The molecule has 7 nitrogen and oxygen atoms in total. The Hall–Kier alpha value is -2.57. The normalized spacial score (nSPS) is 28.2. The molecule has 0 spiro atoms. The number of hydrogen-bond donors (Lipinski definition) is 0. The van der Waals surface area contributed by atoms with E-state index in [-0.39, 0.29) is 49.3 Å². The van der Waals surface area contributed by atoms with E-state index in [2.05, 4.69) is 13.8 Å². The summed E-state index contributed by atoms with van der Waals surface area (Å²) in [7, 11) is 0. The van der Waals surface area contributed by atoms with Gasteiger partial charge in [0.25, 0.3) is 0 Å². The number of ether oxygens (including phenoxy) is 2. The van der Waals surface area contributed by atoms with Crippen LogP contribution in [0.1, 0.15) is 45.1 Å². The molecule has 29 heavy (non-hydrogen) atoms. The quantitative estimate of drug-likeness (QED) is 0.755. The van der Waals surface area contributed by atoms with Crippen LogP contribution >= 0.6 is 0 Å². The Morgan fingerprint density at radius 3 is 2.69 bits per heavy atom. The second kappa shape index (κ2) is 8.05. The van der Waals surface area contributed by atoms with Crippen molar-refractivity contribution in [1.29, 1.82) is 0 Å². The number of imide groups is 1. The SMILES string of the molecule is CC(C)C[C@H]1COC(=O)N1C(=O)[C@@H]1C[C@H]2CC[C@@H]1N2C(=O)OCc1ccccc1. The van der Waals surface area contributed by atoms with Crippen LogP contribution in [-0.2, 0) is 20.9 Å². The van der Waals surface area contributed by atoms with Gasteiger partial charge in [0.05, 0.1) is 12.0 Å². The number of hydrogen-bond acceptors (Lipinski definition) is 5. The molecule has 156 valence electrons. The van der Waals surface area contributed by atoms with Gasteiger partial charge in [-0.1, -0.05) is 44.2 Å². The molecule has 7 heteroatoms. The van der Waals surface area contributed by atoms with Crippen LogP contribution in [0.15, 0.2) is 30.3 Å². The number of benzene rings is 1. The fraction of sp³-hybridized carbons (Fsp3) is 0.591. The molecule has 3 saturated heterocycles. The highest BCUT2D eigenvalue weighted by molar-refractivity contribution is 5.95. The standard InChI is InChI=1S/C22H28N2O5/c1-14(2)10-17-13-29-22(27)24(17)20(25)18-11-16-8-9-19(18)23(16)21(26)28-12-15-6-4-3-5-7-15/h3-7,14,16-19H,8-13H2,1-2H3/t16-,17+,18-,19+/m1/s1. The summed E-state index contributed by atoms with van der Waals surface area (Å²) in [4.78, 5) is 41.2. The maximum atomic E-state index is 13.2. The van der Waals surface area contributed by atoms with E-state index >= 15 is 0 Å². The molecule has 2 bridgehead atoms. The van der Waals surface area contributed by atoms with Crippen LogP contribution in [0.3, 0.4) is 0 Å². The smallest absolute Gasteiger partial charge is 0.416 e.